The first-order valence-corrected chi connectivity index (χ1v) is 10.9. The van der Waals surface area contributed by atoms with Crippen molar-refractivity contribution in [2.75, 3.05) is 33.9 Å². The molecule has 1 heterocycles. The van der Waals surface area contributed by atoms with Crippen LogP contribution in [-0.2, 0) is 4.79 Å². The predicted molar refractivity (Wildman–Crippen MR) is 122 cm³/mol. The highest BCUT2D eigenvalue weighted by atomic mass is 79.9. The van der Waals surface area contributed by atoms with Gasteiger partial charge in [-0.3, -0.25) is 9.69 Å². The van der Waals surface area contributed by atoms with Gasteiger partial charge in [0.25, 0.3) is 5.91 Å². The number of hydrazone groups is 1. The third kappa shape index (κ3) is 4.84. The molecular weight excluding hydrogens is 446 g/mol. The normalized spacial score (nSPS) is 16.0. The average Bonchev–Trinajstić information content (AvgIpc) is 3.22. The smallest absolute Gasteiger partial charge is 0.257 e. The molecule has 2 aromatic carbocycles. The van der Waals surface area contributed by atoms with Crippen LogP contribution in [0.1, 0.15) is 37.4 Å². The number of hydrogen-bond donors (Lipinski definition) is 0. The highest BCUT2D eigenvalue weighted by Crippen LogP contribution is 2.36. The van der Waals surface area contributed by atoms with Crippen LogP contribution in [-0.4, -0.2) is 55.4 Å². The Hall–Kier alpha value is -2.38. The van der Waals surface area contributed by atoms with E-state index in [2.05, 4.69) is 34.7 Å². The quantitative estimate of drug-likeness (QED) is 0.566. The molecule has 0 spiro atoms. The number of halogens is 1. The van der Waals surface area contributed by atoms with Crippen LogP contribution >= 0.6 is 15.9 Å². The van der Waals surface area contributed by atoms with E-state index < -0.39 is 0 Å². The second kappa shape index (κ2) is 10.1. The molecule has 2 aromatic rings. The van der Waals surface area contributed by atoms with Crippen molar-refractivity contribution in [2.24, 2.45) is 5.10 Å². The minimum atomic E-state index is -0.150. The van der Waals surface area contributed by atoms with Crippen LogP contribution in [0.4, 0.5) is 0 Å². The summed E-state index contributed by atoms with van der Waals surface area (Å²) in [5.74, 6) is 1.39. The third-order valence-corrected chi connectivity index (χ3v) is 5.92. The van der Waals surface area contributed by atoms with Crippen LogP contribution in [0.2, 0.25) is 0 Å². The first-order valence-electron chi connectivity index (χ1n) is 10.1. The van der Waals surface area contributed by atoms with Gasteiger partial charge in [0, 0.05) is 22.5 Å². The maximum Gasteiger partial charge on any atom is 0.257 e. The van der Waals surface area contributed by atoms with E-state index in [0.717, 1.165) is 34.4 Å². The summed E-state index contributed by atoms with van der Waals surface area (Å²) in [4.78, 5) is 15.3. The van der Waals surface area contributed by atoms with E-state index in [9.17, 15) is 4.79 Å². The molecule has 0 saturated carbocycles. The molecule has 6 nitrogen and oxygen atoms in total. The Labute approximate surface area is 186 Å². The Morgan fingerprint density at radius 1 is 1.13 bits per heavy atom. The lowest BCUT2D eigenvalue weighted by atomic mass is 9.98. The van der Waals surface area contributed by atoms with Crippen LogP contribution < -0.4 is 9.47 Å². The van der Waals surface area contributed by atoms with Crippen LogP contribution in [0.15, 0.2) is 52.0 Å². The van der Waals surface area contributed by atoms with Crippen LogP contribution in [0.5, 0.6) is 11.5 Å². The van der Waals surface area contributed by atoms with Gasteiger partial charge in [0.05, 0.1) is 32.5 Å². The summed E-state index contributed by atoms with van der Waals surface area (Å²) in [6, 6.07) is 13.6. The fourth-order valence-corrected chi connectivity index (χ4v) is 3.86. The van der Waals surface area contributed by atoms with E-state index in [-0.39, 0.29) is 11.9 Å². The van der Waals surface area contributed by atoms with Crippen LogP contribution in [0.25, 0.3) is 0 Å². The molecule has 1 amide bonds. The highest BCUT2D eigenvalue weighted by molar-refractivity contribution is 9.10. The van der Waals surface area contributed by atoms with Gasteiger partial charge in [0.2, 0.25) is 0 Å². The number of hydrogen-bond acceptors (Lipinski definition) is 5. The SMILES string of the molecule is CCN(CC)CC(=O)N1N=C(c2ccc(OC)cc2OC)C[C@H]1c1ccc(Br)cc1. The van der Waals surface area contributed by atoms with Crippen LogP contribution in [0, 0.1) is 0 Å². The molecule has 0 saturated heterocycles. The number of benzene rings is 2. The maximum atomic E-state index is 13.2. The number of rotatable bonds is 8. The fraction of sp³-hybridized carbons (Fsp3) is 0.391. The average molecular weight is 474 g/mol. The van der Waals surface area contributed by atoms with Gasteiger partial charge < -0.3 is 9.47 Å². The fourth-order valence-electron chi connectivity index (χ4n) is 3.60. The number of methoxy groups -OCH3 is 2. The Kier molecular flexibility index (Phi) is 7.50. The predicted octanol–water partition coefficient (Wildman–Crippen LogP) is 4.49. The first-order chi connectivity index (χ1) is 14.5. The number of nitrogens with zero attached hydrogens (tertiary/aromatic N) is 3. The molecule has 0 unspecified atom stereocenters. The molecule has 0 aromatic heterocycles. The zero-order chi connectivity index (χ0) is 21.7. The van der Waals surface area contributed by atoms with Crippen molar-refractivity contribution < 1.29 is 14.3 Å². The Morgan fingerprint density at radius 3 is 2.43 bits per heavy atom. The molecule has 7 heteroatoms. The molecule has 3 rings (SSSR count). The van der Waals surface area contributed by atoms with Gasteiger partial charge >= 0.3 is 0 Å². The molecule has 0 bridgehead atoms. The van der Waals surface area contributed by atoms with E-state index in [1.165, 1.54) is 0 Å². The minimum Gasteiger partial charge on any atom is -0.497 e. The summed E-state index contributed by atoms with van der Waals surface area (Å²) < 4.78 is 11.9. The third-order valence-electron chi connectivity index (χ3n) is 5.39. The van der Waals surface area contributed by atoms with E-state index in [1.54, 1.807) is 19.2 Å². The van der Waals surface area contributed by atoms with E-state index >= 15 is 0 Å². The lowest BCUT2D eigenvalue weighted by molar-refractivity contribution is -0.134. The maximum absolute atomic E-state index is 13.2. The molecule has 1 atom stereocenters. The van der Waals surface area contributed by atoms with Gasteiger partial charge in [0.15, 0.2) is 0 Å². The second-order valence-electron chi connectivity index (χ2n) is 7.08. The molecule has 30 heavy (non-hydrogen) atoms. The molecular formula is C23H28BrN3O3. The van der Waals surface area contributed by atoms with Gasteiger partial charge in [-0.15, -0.1) is 0 Å². The van der Waals surface area contributed by atoms with Crippen molar-refractivity contribution >= 4 is 27.5 Å². The Bertz CT molecular complexity index is 910. The summed E-state index contributed by atoms with van der Waals surface area (Å²) in [7, 11) is 3.25. The number of ether oxygens (including phenoxy) is 2. The van der Waals surface area contributed by atoms with Gasteiger partial charge in [0.1, 0.15) is 11.5 Å². The summed E-state index contributed by atoms with van der Waals surface area (Å²) >= 11 is 3.49. The molecule has 0 fully saturated rings. The summed E-state index contributed by atoms with van der Waals surface area (Å²) in [5.41, 5.74) is 2.76. The molecule has 160 valence electrons. The van der Waals surface area contributed by atoms with Gasteiger partial charge in [-0.1, -0.05) is 41.9 Å². The molecule has 0 radical (unpaired) electrons. The Balaban J connectivity index is 1.97. The monoisotopic (exact) mass is 473 g/mol. The van der Waals surface area contributed by atoms with Crippen molar-refractivity contribution in [3.8, 4) is 11.5 Å². The largest absolute Gasteiger partial charge is 0.497 e. The summed E-state index contributed by atoms with van der Waals surface area (Å²) in [6.07, 6.45) is 0.619. The van der Waals surface area contributed by atoms with Gasteiger partial charge in [-0.25, -0.2) is 5.01 Å². The number of carbonyl (C=O) groups excluding carboxylic acids is 1. The van der Waals surface area contributed by atoms with Gasteiger partial charge in [-0.05, 0) is 42.9 Å². The minimum absolute atomic E-state index is 0.00547. The lowest BCUT2D eigenvalue weighted by Crippen LogP contribution is -2.38. The zero-order valence-electron chi connectivity index (χ0n) is 17.9. The molecule has 0 N–H and O–H groups in total. The summed E-state index contributed by atoms with van der Waals surface area (Å²) in [5, 5.41) is 6.40. The summed E-state index contributed by atoms with van der Waals surface area (Å²) in [6.45, 7) is 6.11. The van der Waals surface area contributed by atoms with E-state index in [0.29, 0.717) is 24.5 Å². The van der Waals surface area contributed by atoms with Gasteiger partial charge in [-0.2, -0.15) is 5.10 Å². The topological polar surface area (TPSA) is 54.4 Å². The standard InChI is InChI=1S/C23H28BrN3O3/c1-5-26(6-2)15-23(28)27-21(16-7-9-17(24)10-8-16)14-20(25-27)19-12-11-18(29-3)13-22(19)30-4/h7-13,21H,5-6,14-15H2,1-4H3/t21-/m0/s1. The number of carbonyl (C=O) groups is 1. The van der Waals surface area contributed by atoms with Crippen molar-refractivity contribution in [2.45, 2.75) is 26.3 Å². The molecule has 0 aliphatic carbocycles. The van der Waals surface area contributed by atoms with Crippen molar-refractivity contribution in [1.82, 2.24) is 9.91 Å². The number of amides is 1. The van der Waals surface area contributed by atoms with Crippen LogP contribution in [0.3, 0.4) is 0 Å². The number of likely N-dealkylation sites (N-methyl/N-ethyl adjacent to an activating group) is 1. The lowest BCUT2D eigenvalue weighted by Gasteiger charge is -2.25. The van der Waals surface area contributed by atoms with Crippen molar-refractivity contribution in [3.63, 3.8) is 0 Å². The molecule has 1 aliphatic heterocycles. The van der Waals surface area contributed by atoms with E-state index in [1.807, 2.05) is 42.5 Å². The van der Waals surface area contributed by atoms with Crippen molar-refractivity contribution in [1.29, 1.82) is 0 Å². The Morgan fingerprint density at radius 2 is 1.83 bits per heavy atom. The first kappa shape index (κ1) is 22.3. The highest BCUT2D eigenvalue weighted by Gasteiger charge is 2.34. The second-order valence-corrected chi connectivity index (χ2v) is 8.00. The molecule has 1 aliphatic rings. The van der Waals surface area contributed by atoms with E-state index in [4.69, 9.17) is 14.6 Å². The zero-order valence-corrected chi connectivity index (χ0v) is 19.5. The van der Waals surface area contributed by atoms with Crippen molar-refractivity contribution in [3.05, 3.63) is 58.1 Å².